The molecule has 1 aromatic rings. The average molecular weight is 305 g/mol. The highest BCUT2D eigenvalue weighted by Gasteiger charge is 2.22. The number of hydrogen-bond acceptors (Lipinski definition) is 7. The molecule has 2 saturated heterocycles. The van der Waals surface area contributed by atoms with E-state index >= 15 is 0 Å². The van der Waals surface area contributed by atoms with Gasteiger partial charge < -0.3 is 25.8 Å². The number of likely N-dealkylation sites (N-methyl/N-ethyl adjacent to an activating group) is 1. The van der Waals surface area contributed by atoms with Crippen molar-refractivity contribution < 1.29 is 0 Å². The van der Waals surface area contributed by atoms with Crippen LogP contribution in [0.2, 0.25) is 0 Å². The Morgan fingerprint density at radius 3 is 2.45 bits per heavy atom. The molecule has 0 amide bonds. The van der Waals surface area contributed by atoms with Crippen molar-refractivity contribution in [2.24, 2.45) is 5.73 Å². The molecule has 0 radical (unpaired) electrons. The summed E-state index contributed by atoms with van der Waals surface area (Å²) in [5, 5.41) is 3.43. The minimum Gasteiger partial charge on any atom is -0.369 e. The molecule has 0 atom stereocenters. The minimum atomic E-state index is 0.697. The summed E-state index contributed by atoms with van der Waals surface area (Å²) in [4.78, 5) is 16.2. The first-order chi connectivity index (χ1) is 10.8. The Morgan fingerprint density at radius 2 is 1.86 bits per heavy atom. The molecule has 22 heavy (non-hydrogen) atoms. The lowest BCUT2D eigenvalue weighted by Gasteiger charge is -2.35. The summed E-state index contributed by atoms with van der Waals surface area (Å²) < 4.78 is 0. The molecule has 3 N–H and O–H groups in total. The van der Waals surface area contributed by atoms with E-state index in [-0.39, 0.29) is 0 Å². The van der Waals surface area contributed by atoms with Crippen LogP contribution < -0.4 is 20.9 Å². The summed E-state index contributed by atoms with van der Waals surface area (Å²) in [6.45, 7) is 7.80. The van der Waals surface area contributed by atoms with Crippen LogP contribution in [-0.4, -0.2) is 74.3 Å². The molecule has 3 heterocycles. The second kappa shape index (κ2) is 7.11. The lowest BCUT2D eigenvalue weighted by molar-refractivity contribution is 0.357. The van der Waals surface area contributed by atoms with Crippen molar-refractivity contribution >= 4 is 17.6 Å². The van der Waals surface area contributed by atoms with Gasteiger partial charge in [-0.25, -0.2) is 0 Å². The maximum atomic E-state index is 5.57. The largest absolute Gasteiger partial charge is 0.369 e. The Kier molecular flexibility index (Phi) is 4.94. The Morgan fingerprint density at radius 1 is 1.14 bits per heavy atom. The fraction of sp³-hybridized carbons (Fsp3) is 0.733. The molecule has 2 aliphatic rings. The molecule has 3 rings (SSSR count). The van der Waals surface area contributed by atoms with Crippen molar-refractivity contribution in [2.75, 3.05) is 74.5 Å². The Labute approximate surface area is 132 Å². The SMILES string of the molecule is CN(CCN)CCNc1cc(N2CCC2)nc(N2CCC2)n1. The van der Waals surface area contributed by atoms with E-state index in [0.29, 0.717) is 6.54 Å². The predicted octanol–water partition coefficient (Wildman–Crippen LogP) is 0.199. The molecular weight excluding hydrogens is 278 g/mol. The van der Waals surface area contributed by atoms with E-state index < -0.39 is 0 Å². The fourth-order valence-electron chi connectivity index (χ4n) is 2.58. The van der Waals surface area contributed by atoms with Gasteiger partial charge >= 0.3 is 0 Å². The normalized spacial score (nSPS) is 17.4. The number of aromatic nitrogens is 2. The first kappa shape index (κ1) is 15.3. The lowest BCUT2D eigenvalue weighted by Crippen LogP contribution is -2.40. The van der Waals surface area contributed by atoms with Gasteiger partial charge in [-0.05, 0) is 19.9 Å². The molecule has 0 unspecified atom stereocenters. The minimum absolute atomic E-state index is 0.697. The zero-order chi connectivity index (χ0) is 15.4. The first-order valence-corrected chi connectivity index (χ1v) is 8.28. The molecule has 0 aliphatic carbocycles. The highest BCUT2D eigenvalue weighted by Crippen LogP contribution is 2.25. The summed E-state index contributed by atoms with van der Waals surface area (Å²) in [7, 11) is 2.09. The number of nitrogens with two attached hydrogens (primary N) is 1. The van der Waals surface area contributed by atoms with E-state index in [9.17, 15) is 0 Å². The monoisotopic (exact) mass is 305 g/mol. The molecule has 0 bridgehead atoms. The van der Waals surface area contributed by atoms with Gasteiger partial charge in [0.1, 0.15) is 11.6 Å². The molecule has 1 aromatic heterocycles. The lowest BCUT2D eigenvalue weighted by atomic mass is 10.2. The summed E-state index contributed by atoms with van der Waals surface area (Å²) in [5.41, 5.74) is 5.57. The summed E-state index contributed by atoms with van der Waals surface area (Å²) >= 11 is 0. The van der Waals surface area contributed by atoms with Crippen molar-refractivity contribution in [3.8, 4) is 0 Å². The Hall–Kier alpha value is -1.60. The number of rotatable bonds is 8. The molecule has 7 nitrogen and oxygen atoms in total. The number of hydrogen-bond donors (Lipinski definition) is 2. The number of anilines is 3. The Balaban J connectivity index is 1.63. The number of nitrogens with zero attached hydrogens (tertiary/aromatic N) is 5. The van der Waals surface area contributed by atoms with Gasteiger partial charge in [0.05, 0.1) is 0 Å². The molecule has 2 fully saturated rings. The van der Waals surface area contributed by atoms with Crippen LogP contribution in [0.1, 0.15) is 12.8 Å². The standard InChI is InChI=1S/C15H27N7/c1-20(10-4-16)11-5-17-13-12-14(21-6-2-7-21)19-15(18-13)22-8-3-9-22/h12H,2-11,16H2,1H3,(H,17,18,19). The van der Waals surface area contributed by atoms with Gasteiger partial charge in [0, 0.05) is 58.4 Å². The molecule has 122 valence electrons. The maximum absolute atomic E-state index is 5.57. The van der Waals surface area contributed by atoms with Gasteiger partial charge in [0.25, 0.3) is 0 Å². The van der Waals surface area contributed by atoms with Gasteiger partial charge in [-0.1, -0.05) is 0 Å². The zero-order valence-electron chi connectivity index (χ0n) is 13.5. The van der Waals surface area contributed by atoms with Gasteiger partial charge in [-0.3, -0.25) is 0 Å². The zero-order valence-corrected chi connectivity index (χ0v) is 13.5. The highest BCUT2D eigenvalue weighted by atomic mass is 15.3. The Bertz CT molecular complexity index is 453. The quantitative estimate of drug-likeness (QED) is 0.710. The number of nitrogens with one attached hydrogen (secondary N) is 1. The van der Waals surface area contributed by atoms with Crippen LogP contribution in [0.3, 0.4) is 0 Å². The van der Waals surface area contributed by atoms with Crippen LogP contribution in [-0.2, 0) is 0 Å². The first-order valence-electron chi connectivity index (χ1n) is 8.28. The third-order valence-electron chi connectivity index (χ3n) is 4.33. The van der Waals surface area contributed by atoms with Crippen LogP contribution in [0.5, 0.6) is 0 Å². The smallest absolute Gasteiger partial charge is 0.229 e. The fourth-order valence-corrected chi connectivity index (χ4v) is 2.58. The summed E-state index contributed by atoms with van der Waals surface area (Å²) in [5.74, 6) is 2.86. The predicted molar refractivity (Wildman–Crippen MR) is 90.7 cm³/mol. The van der Waals surface area contributed by atoms with E-state index in [1.54, 1.807) is 0 Å². The van der Waals surface area contributed by atoms with Gasteiger partial charge in [-0.15, -0.1) is 0 Å². The molecule has 2 aliphatic heterocycles. The van der Waals surface area contributed by atoms with Gasteiger partial charge in [0.2, 0.25) is 5.95 Å². The second-order valence-electron chi connectivity index (χ2n) is 6.11. The third kappa shape index (κ3) is 3.59. The van der Waals surface area contributed by atoms with E-state index in [2.05, 4.69) is 38.1 Å². The van der Waals surface area contributed by atoms with Crippen LogP contribution in [0.25, 0.3) is 0 Å². The van der Waals surface area contributed by atoms with Gasteiger partial charge in [-0.2, -0.15) is 9.97 Å². The summed E-state index contributed by atoms with van der Waals surface area (Å²) in [6.07, 6.45) is 2.50. The van der Waals surface area contributed by atoms with Crippen molar-refractivity contribution in [3.63, 3.8) is 0 Å². The van der Waals surface area contributed by atoms with Crippen molar-refractivity contribution in [1.29, 1.82) is 0 Å². The molecule has 0 spiro atoms. The van der Waals surface area contributed by atoms with Gasteiger partial charge in [0.15, 0.2) is 0 Å². The van der Waals surface area contributed by atoms with Crippen LogP contribution in [0.15, 0.2) is 6.07 Å². The van der Waals surface area contributed by atoms with E-state index in [1.807, 2.05) is 0 Å². The topological polar surface area (TPSA) is 73.6 Å². The van der Waals surface area contributed by atoms with E-state index in [1.165, 1.54) is 12.8 Å². The third-order valence-corrected chi connectivity index (χ3v) is 4.33. The van der Waals surface area contributed by atoms with E-state index in [0.717, 1.165) is 63.4 Å². The maximum Gasteiger partial charge on any atom is 0.229 e. The molecule has 0 aromatic carbocycles. The van der Waals surface area contributed by atoms with Crippen molar-refractivity contribution in [2.45, 2.75) is 12.8 Å². The van der Waals surface area contributed by atoms with Crippen molar-refractivity contribution in [1.82, 2.24) is 14.9 Å². The second-order valence-corrected chi connectivity index (χ2v) is 6.11. The van der Waals surface area contributed by atoms with Crippen LogP contribution >= 0.6 is 0 Å². The van der Waals surface area contributed by atoms with Crippen LogP contribution in [0.4, 0.5) is 17.6 Å². The van der Waals surface area contributed by atoms with Crippen molar-refractivity contribution in [3.05, 3.63) is 6.07 Å². The molecular formula is C15H27N7. The van der Waals surface area contributed by atoms with E-state index in [4.69, 9.17) is 10.7 Å². The van der Waals surface area contributed by atoms with Crippen LogP contribution in [0, 0.1) is 0 Å². The molecule has 7 heteroatoms. The highest BCUT2D eigenvalue weighted by molar-refractivity contribution is 5.55. The average Bonchev–Trinajstić information content (AvgIpc) is 2.34. The molecule has 0 saturated carbocycles. The summed E-state index contributed by atoms with van der Waals surface area (Å²) in [6, 6.07) is 2.07.